The standard InChI is InChI=1S/C31H32N4O4/c1-33(20-14-15-34(18-20)17-19-4-2-5-22(16-19)39-21-8-9-21)25-11-10-24-29-23(25)6-3-7-26(29)35(31(24)38)27-12-13-28(36)32-30(27)37/h2-7,10-11,16,20-21,27H,8-9,12-15,17-18H2,1H3,(H,32,36,37). The Balaban J connectivity index is 1.11. The molecule has 7 rings (SSSR count). The molecule has 0 bridgehead atoms. The molecule has 0 radical (unpaired) electrons. The molecule has 2 unspecified atom stereocenters. The van der Waals surface area contributed by atoms with Crippen LogP contribution in [0.4, 0.5) is 11.4 Å². The first-order valence-corrected chi connectivity index (χ1v) is 13.9. The van der Waals surface area contributed by atoms with Crippen molar-refractivity contribution >= 4 is 39.9 Å². The first-order valence-electron chi connectivity index (χ1n) is 13.9. The maximum Gasteiger partial charge on any atom is 0.259 e. The van der Waals surface area contributed by atoms with Gasteiger partial charge in [0.2, 0.25) is 11.8 Å². The fourth-order valence-electron chi connectivity index (χ4n) is 6.36. The van der Waals surface area contributed by atoms with Gasteiger partial charge < -0.3 is 9.64 Å². The number of benzene rings is 3. The van der Waals surface area contributed by atoms with Crippen LogP contribution in [0.1, 0.15) is 48.0 Å². The van der Waals surface area contributed by atoms with Gasteiger partial charge in [-0.3, -0.25) is 29.5 Å². The Hall–Kier alpha value is -3.91. The number of carbonyl (C=O) groups excluding carboxylic acids is 3. The molecule has 8 nitrogen and oxygen atoms in total. The van der Waals surface area contributed by atoms with Crippen LogP contribution < -0.4 is 19.9 Å². The van der Waals surface area contributed by atoms with Crippen LogP contribution in [-0.4, -0.2) is 60.9 Å². The van der Waals surface area contributed by atoms with Crippen LogP contribution in [0.5, 0.6) is 5.75 Å². The second kappa shape index (κ2) is 9.38. The number of nitrogens with one attached hydrogen (secondary N) is 1. The van der Waals surface area contributed by atoms with Crippen molar-refractivity contribution in [1.82, 2.24) is 10.2 Å². The van der Waals surface area contributed by atoms with Crippen molar-refractivity contribution in [3.63, 3.8) is 0 Å². The first-order chi connectivity index (χ1) is 19.0. The van der Waals surface area contributed by atoms with Gasteiger partial charge in [-0.1, -0.05) is 24.3 Å². The summed E-state index contributed by atoms with van der Waals surface area (Å²) in [6, 6.07) is 18.0. The summed E-state index contributed by atoms with van der Waals surface area (Å²) in [5.74, 6) is 0.103. The average Bonchev–Trinajstić information content (AvgIpc) is 3.54. The predicted molar refractivity (Wildman–Crippen MR) is 149 cm³/mol. The Kier molecular flexibility index (Phi) is 5.81. The van der Waals surface area contributed by atoms with Gasteiger partial charge in [0.05, 0.1) is 17.4 Å². The highest BCUT2D eigenvalue weighted by molar-refractivity contribution is 6.28. The number of imide groups is 1. The maximum absolute atomic E-state index is 13.5. The van der Waals surface area contributed by atoms with E-state index < -0.39 is 11.9 Å². The number of carbonyl (C=O) groups is 3. The number of nitrogens with zero attached hydrogens (tertiary/aromatic N) is 3. The molecule has 8 heteroatoms. The van der Waals surface area contributed by atoms with E-state index in [-0.39, 0.29) is 18.2 Å². The minimum Gasteiger partial charge on any atom is -0.490 e. The third-order valence-corrected chi connectivity index (χ3v) is 8.53. The summed E-state index contributed by atoms with van der Waals surface area (Å²) in [4.78, 5) is 44.2. The third kappa shape index (κ3) is 4.33. The van der Waals surface area contributed by atoms with Crippen molar-refractivity contribution in [3.8, 4) is 5.75 Å². The van der Waals surface area contributed by atoms with E-state index in [0.29, 0.717) is 24.1 Å². The molecule has 1 N–H and O–H groups in total. The SMILES string of the molecule is CN(c1ccc2c3c(cccc13)N(C1CCC(=O)NC1=O)C2=O)C1CCN(Cc2cccc(OC3CC3)c2)C1. The maximum atomic E-state index is 13.5. The smallest absolute Gasteiger partial charge is 0.259 e. The highest BCUT2D eigenvalue weighted by Crippen LogP contribution is 2.43. The van der Waals surface area contributed by atoms with Gasteiger partial charge in [0.25, 0.3) is 5.91 Å². The molecule has 0 spiro atoms. The van der Waals surface area contributed by atoms with Crippen LogP contribution in [0.15, 0.2) is 54.6 Å². The van der Waals surface area contributed by atoms with E-state index in [9.17, 15) is 14.4 Å². The second-order valence-corrected chi connectivity index (χ2v) is 11.2. The molecule has 1 saturated carbocycles. The Bertz CT molecular complexity index is 1500. The zero-order valence-corrected chi connectivity index (χ0v) is 22.1. The molecule has 3 aromatic carbocycles. The zero-order chi connectivity index (χ0) is 26.7. The molecule has 2 atom stereocenters. The molecule has 2 saturated heterocycles. The molecule has 0 aromatic heterocycles. The summed E-state index contributed by atoms with van der Waals surface area (Å²) >= 11 is 0. The van der Waals surface area contributed by atoms with E-state index in [1.807, 2.05) is 30.3 Å². The number of anilines is 2. The van der Waals surface area contributed by atoms with Crippen molar-refractivity contribution in [2.24, 2.45) is 0 Å². The Morgan fingerprint density at radius 3 is 2.67 bits per heavy atom. The van der Waals surface area contributed by atoms with Crippen molar-refractivity contribution in [2.75, 3.05) is 29.9 Å². The molecule has 39 heavy (non-hydrogen) atoms. The van der Waals surface area contributed by atoms with Gasteiger partial charge in [-0.15, -0.1) is 0 Å². The van der Waals surface area contributed by atoms with Gasteiger partial charge in [-0.25, -0.2) is 0 Å². The van der Waals surface area contributed by atoms with Gasteiger partial charge in [-0.05, 0) is 61.6 Å². The number of hydrogen-bond acceptors (Lipinski definition) is 6. The largest absolute Gasteiger partial charge is 0.490 e. The fraction of sp³-hybridized carbons (Fsp3) is 0.387. The van der Waals surface area contributed by atoms with E-state index in [1.165, 1.54) is 5.56 Å². The minimum absolute atomic E-state index is 0.176. The molecular formula is C31H32N4O4. The fourth-order valence-corrected chi connectivity index (χ4v) is 6.36. The number of ether oxygens (including phenoxy) is 1. The summed E-state index contributed by atoms with van der Waals surface area (Å²) in [6.45, 7) is 2.87. The summed E-state index contributed by atoms with van der Waals surface area (Å²) in [7, 11) is 2.14. The van der Waals surface area contributed by atoms with Gasteiger partial charge >= 0.3 is 0 Å². The monoisotopic (exact) mass is 524 g/mol. The van der Waals surface area contributed by atoms with Crippen LogP contribution in [0, 0.1) is 0 Å². The van der Waals surface area contributed by atoms with Gasteiger partial charge in [-0.2, -0.15) is 0 Å². The lowest BCUT2D eigenvalue weighted by molar-refractivity contribution is -0.134. The number of likely N-dealkylation sites (N-methyl/N-ethyl adjacent to an activating group) is 1. The first kappa shape index (κ1) is 24.2. The van der Waals surface area contributed by atoms with Gasteiger partial charge in [0.15, 0.2) is 0 Å². The van der Waals surface area contributed by atoms with Crippen LogP contribution >= 0.6 is 0 Å². The van der Waals surface area contributed by atoms with Gasteiger partial charge in [0, 0.05) is 55.6 Å². The van der Waals surface area contributed by atoms with Crippen LogP contribution in [0.25, 0.3) is 10.8 Å². The number of piperidine rings is 1. The van der Waals surface area contributed by atoms with E-state index in [4.69, 9.17) is 4.74 Å². The summed E-state index contributed by atoms with van der Waals surface area (Å²) in [5.41, 5.74) is 3.72. The second-order valence-electron chi connectivity index (χ2n) is 11.2. The van der Waals surface area contributed by atoms with Crippen molar-refractivity contribution < 1.29 is 19.1 Å². The number of hydrogen-bond donors (Lipinski definition) is 1. The van der Waals surface area contributed by atoms with Crippen LogP contribution in [-0.2, 0) is 16.1 Å². The molecule has 3 fully saturated rings. The highest BCUT2D eigenvalue weighted by atomic mass is 16.5. The van der Waals surface area contributed by atoms with E-state index >= 15 is 0 Å². The molecule has 3 aliphatic heterocycles. The Morgan fingerprint density at radius 1 is 1.00 bits per heavy atom. The molecule has 3 heterocycles. The normalized spacial score (nSPS) is 23.0. The van der Waals surface area contributed by atoms with E-state index in [1.54, 1.807) is 4.90 Å². The highest BCUT2D eigenvalue weighted by Gasteiger charge is 2.41. The summed E-state index contributed by atoms with van der Waals surface area (Å²) in [6.07, 6.45) is 4.33. The molecule has 3 amide bonds. The molecule has 3 aromatic rings. The number of likely N-dealkylation sites (tertiary alicyclic amines) is 1. The topological polar surface area (TPSA) is 82.2 Å². The van der Waals surface area contributed by atoms with Crippen molar-refractivity contribution in [2.45, 2.75) is 56.8 Å². The lowest BCUT2D eigenvalue weighted by Crippen LogP contribution is -2.53. The Morgan fingerprint density at radius 2 is 1.85 bits per heavy atom. The molecule has 200 valence electrons. The van der Waals surface area contributed by atoms with E-state index in [0.717, 1.165) is 66.8 Å². The molecule has 1 aliphatic carbocycles. The predicted octanol–water partition coefficient (Wildman–Crippen LogP) is 3.86. The van der Waals surface area contributed by atoms with Crippen LogP contribution in [0.2, 0.25) is 0 Å². The summed E-state index contributed by atoms with van der Waals surface area (Å²) in [5, 5.41) is 4.30. The van der Waals surface area contributed by atoms with E-state index in [2.05, 4.69) is 46.4 Å². The summed E-state index contributed by atoms with van der Waals surface area (Å²) < 4.78 is 5.99. The minimum atomic E-state index is -0.675. The van der Waals surface area contributed by atoms with Gasteiger partial charge in [0.1, 0.15) is 11.8 Å². The quantitative estimate of drug-likeness (QED) is 0.473. The van der Waals surface area contributed by atoms with Crippen LogP contribution in [0.3, 0.4) is 0 Å². The van der Waals surface area contributed by atoms with Crippen molar-refractivity contribution in [3.05, 3.63) is 65.7 Å². The number of amides is 3. The molecular weight excluding hydrogens is 492 g/mol. The Labute approximate surface area is 227 Å². The molecule has 4 aliphatic rings. The number of rotatable bonds is 7. The zero-order valence-electron chi connectivity index (χ0n) is 22.1. The third-order valence-electron chi connectivity index (χ3n) is 8.53. The lowest BCUT2D eigenvalue weighted by atomic mass is 10.0. The average molecular weight is 525 g/mol. The lowest BCUT2D eigenvalue weighted by Gasteiger charge is -2.30. The van der Waals surface area contributed by atoms with Crippen molar-refractivity contribution in [1.29, 1.82) is 0 Å².